The Balaban J connectivity index is 5.80. The van der Waals surface area contributed by atoms with Crippen LogP contribution in [0.3, 0.4) is 0 Å². The monoisotopic (exact) mass is 435 g/mol. The second kappa shape index (κ2) is 12.2. The Morgan fingerprint density at radius 2 is 1.62 bits per heavy atom. The molecular weight excluding hydrogens is 393 g/mol. The van der Waals surface area contributed by atoms with Crippen molar-refractivity contribution >= 4 is 13.6 Å². The molecular formula is C21H42NO6P. The predicted molar refractivity (Wildman–Crippen MR) is 117 cm³/mol. The van der Waals surface area contributed by atoms with E-state index in [4.69, 9.17) is 18.6 Å². The van der Waals surface area contributed by atoms with Crippen LogP contribution in [0.4, 0.5) is 0 Å². The van der Waals surface area contributed by atoms with Gasteiger partial charge in [0.15, 0.2) is 6.10 Å². The van der Waals surface area contributed by atoms with Crippen molar-refractivity contribution in [2.45, 2.75) is 92.6 Å². The molecule has 0 N–H and O–H groups in total. The molecule has 0 heterocycles. The Hall–Kier alpha value is -0.720. The summed E-state index contributed by atoms with van der Waals surface area (Å²) in [4.78, 5) is 18.5. The Morgan fingerprint density at radius 1 is 1.10 bits per heavy atom. The zero-order valence-electron chi connectivity index (χ0n) is 19.8. The van der Waals surface area contributed by atoms with Crippen LogP contribution in [0.15, 0.2) is 12.7 Å². The third kappa shape index (κ3) is 9.31. The van der Waals surface area contributed by atoms with Gasteiger partial charge < -0.3 is 13.8 Å². The quantitative estimate of drug-likeness (QED) is 0.123. The molecule has 0 aliphatic rings. The van der Waals surface area contributed by atoms with E-state index in [0.717, 1.165) is 6.42 Å². The maximum absolute atomic E-state index is 13.8. The molecule has 0 aliphatic heterocycles. The largest absolute Gasteiger partial charge is 0.464 e. The first-order valence-corrected chi connectivity index (χ1v) is 12.0. The van der Waals surface area contributed by atoms with Crippen molar-refractivity contribution in [3.63, 3.8) is 0 Å². The number of carbonyl (C=O) groups is 1. The molecule has 8 heteroatoms. The molecule has 0 rings (SSSR count). The topological polar surface area (TPSA) is 74.3 Å². The molecule has 0 aromatic carbocycles. The van der Waals surface area contributed by atoms with Crippen LogP contribution in [0.2, 0.25) is 0 Å². The minimum absolute atomic E-state index is 0.239. The molecule has 29 heavy (non-hydrogen) atoms. The summed E-state index contributed by atoms with van der Waals surface area (Å²) in [5, 5.41) is 1.59. The van der Waals surface area contributed by atoms with Crippen molar-refractivity contribution in [1.29, 1.82) is 0 Å². The van der Waals surface area contributed by atoms with E-state index < -0.39 is 36.4 Å². The fraction of sp³-hybridized carbons (Fsp3) is 0.857. The molecule has 2 unspecified atom stereocenters. The summed E-state index contributed by atoms with van der Waals surface area (Å²) in [5.74, 6) is -1.20. The van der Waals surface area contributed by atoms with Gasteiger partial charge in [-0.15, -0.1) is 6.58 Å². The SMILES string of the molecule is C=CCCCOC(=O)C(C)ON(C(C(C)(C)C)P(=O)(OCC)OCC)C(C)(C)C. The smallest absolute Gasteiger partial charge is 0.350 e. The molecule has 0 saturated heterocycles. The van der Waals surface area contributed by atoms with E-state index in [1.807, 2.05) is 41.5 Å². The van der Waals surface area contributed by atoms with E-state index >= 15 is 0 Å². The highest BCUT2D eigenvalue weighted by molar-refractivity contribution is 7.54. The minimum Gasteiger partial charge on any atom is -0.464 e. The first kappa shape index (κ1) is 28.3. The van der Waals surface area contributed by atoms with Gasteiger partial charge in [0.2, 0.25) is 0 Å². The Morgan fingerprint density at radius 3 is 2.00 bits per heavy atom. The van der Waals surface area contributed by atoms with E-state index in [0.29, 0.717) is 13.0 Å². The van der Waals surface area contributed by atoms with Crippen molar-refractivity contribution in [1.82, 2.24) is 5.06 Å². The Bertz CT molecular complexity index is 542. The highest BCUT2D eigenvalue weighted by Gasteiger charge is 2.52. The van der Waals surface area contributed by atoms with Gasteiger partial charge in [-0.05, 0) is 59.8 Å². The molecule has 0 saturated carbocycles. The van der Waals surface area contributed by atoms with E-state index in [1.165, 1.54) is 0 Å². The van der Waals surface area contributed by atoms with Gasteiger partial charge in [0.1, 0.15) is 5.78 Å². The van der Waals surface area contributed by atoms with Gasteiger partial charge in [0, 0.05) is 5.54 Å². The van der Waals surface area contributed by atoms with Crippen LogP contribution in [-0.4, -0.2) is 48.3 Å². The summed E-state index contributed by atoms with van der Waals surface area (Å²) in [5.41, 5.74) is -1.11. The Labute approximate surface area is 177 Å². The van der Waals surface area contributed by atoms with Crippen molar-refractivity contribution in [2.75, 3.05) is 19.8 Å². The summed E-state index contributed by atoms with van der Waals surface area (Å²) >= 11 is 0. The lowest BCUT2D eigenvalue weighted by Gasteiger charge is -2.47. The van der Waals surface area contributed by atoms with E-state index in [1.54, 1.807) is 31.9 Å². The molecule has 172 valence electrons. The standard InChI is InChI=1S/C21H42NO6P/c1-11-14-15-16-25-18(23)17(4)28-22(21(8,9)10)19(20(5,6)7)29(24,26-12-2)27-13-3/h11,17,19H,1,12-16H2,2-10H3. The number of hydrogen-bond donors (Lipinski definition) is 0. The molecule has 0 aromatic heterocycles. The number of nitrogens with zero attached hydrogens (tertiary/aromatic N) is 1. The van der Waals surface area contributed by atoms with Gasteiger partial charge in [-0.1, -0.05) is 26.8 Å². The van der Waals surface area contributed by atoms with Crippen LogP contribution in [-0.2, 0) is 28.0 Å². The highest BCUT2D eigenvalue weighted by Crippen LogP contribution is 2.60. The molecule has 0 aliphatic carbocycles. The second-order valence-corrected chi connectivity index (χ2v) is 11.0. The first-order valence-electron chi connectivity index (χ1n) is 10.4. The zero-order chi connectivity index (χ0) is 22.9. The number of esters is 1. The summed E-state index contributed by atoms with van der Waals surface area (Å²) in [7, 11) is -3.58. The molecule has 2 atom stereocenters. The fourth-order valence-corrected chi connectivity index (χ4v) is 5.49. The van der Waals surface area contributed by atoms with Gasteiger partial charge >= 0.3 is 13.6 Å². The van der Waals surface area contributed by atoms with Crippen molar-refractivity contribution < 1.29 is 28.0 Å². The van der Waals surface area contributed by atoms with Gasteiger partial charge in [0.05, 0.1) is 19.8 Å². The first-order chi connectivity index (χ1) is 13.2. The number of hydroxylamine groups is 2. The molecule has 0 amide bonds. The number of unbranched alkanes of at least 4 members (excludes halogenated alkanes) is 1. The number of ether oxygens (including phenoxy) is 1. The number of allylic oxidation sites excluding steroid dienone is 1. The lowest BCUT2D eigenvalue weighted by molar-refractivity contribution is -0.263. The van der Waals surface area contributed by atoms with Crippen LogP contribution >= 0.6 is 7.60 Å². The van der Waals surface area contributed by atoms with Crippen LogP contribution in [0.25, 0.3) is 0 Å². The molecule has 7 nitrogen and oxygen atoms in total. The average molecular weight is 436 g/mol. The molecule has 0 spiro atoms. The maximum Gasteiger partial charge on any atom is 0.350 e. The lowest BCUT2D eigenvalue weighted by Crippen LogP contribution is -2.55. The van der Waals surface area contributed by atoms with E-state index in [-0.39, 0.29) is 13.2 Å². The van der Waals surface area contributed by atoms with Gasteiger partial charge in [-0.25, -0.2) is 4.79 Å². The fourth-order valence-electron chi connectivity index (χ4n) is 2.81. The molecule has 0 aromatic rings. The van der Waals surface area contributed by atoms with Gasteiger partial charge in [-0.3, -0.25) is 9.40 Å². The van der Waals surface area contributed by atoms with Crippen LogP contribution in [0.1, 0.15) is 75.2 Å². The predicted octanol–water partition coefficient (Wildman–Crippen LogP) is 5.55. The summed E-state index contributed by atoms with van der Waals surface area (Å²) in [6.45, 7) is 21.2. The average Bonchev–Trinajstić information content (AvgIpc) is 2.56. The van der Waals surface area contributed by atoms with Crippen LogP contribution in [0, 0.1) is 5.41 Å². The number of hydrogen-bond acceptors (Lipinski definition) is 7. The molecule has 0 bridgehead atoms. The minimum atomic E-state index is -3.58. The highest BCUT2D eigenvalue weighted by atomic mass is 31.2. The Kier molecular flexibility index (Phi) is 11.9. The maximum atomic E-state index is 13.8. The van der Waals surface area contributed by atoms with E-state index in [2.05, 4.69) is 6.58 Å². The molecule has 0 fully saturated rings. The summed E-state index contributed by atoms with van der Waals surface area (Å²) < 4.78 is 30.4. The molecule has 0 radical (unpaired) electrons. The van der Waals surface area contributed by atoms with Crippen molar-refractivity contribution in [3.05, 3.63) is 12.7 Å². The van der Waals surface area contributed by atoms with Crippen molar-refractivity contribution in [3.8, 4) is 0 Å². The lowest BCUT2D eigenvalue weighted by atomic mass is 9.94. The van der Waals surface area contributed by atoms with Crippen molar-refractivity contribution in [2.24, 2.45) is 5.41 Å². The normalized spacial score (nSPS) is 15.2. The summed E-state index contributed by atoms with van der Waals surface area (Å²) in [6, 6.07) is 0. The third-order valence-electron chi connectivity index (χ3n) is 3.98. The second-order valence-electron chi connectivity index (χ2n) is 8.96. The van der Waals surface area contributed by atoms with Crippen LogP contribution < -0.4 is 0 Å². The number of rotatable bonds is 13. The van der Waals surface area contributed by atoms with Gasteiger partial charge in [-0.2, -0.15) is 5.06 Å². The number of carbonyl (C=O) groups excluding carboxylic acids is 1. The summed E-state index contributed by atoms with van der Waals surface area (Å²) in [6.07, 6.45) is 2.38. The third-order valence-corrected chi connectivity index (χ3v) is 6.80. The van der Waals surface area contributed by atoms with Gasteiger partial charge in [0.25, 0.3) is 0 Å². The zero-order valence-corrected chi connectivity index (χ0v) is 20.7. The van der Waals surface area contributed by atoms with E-state index in [9.17, 15) is 9.36 Å². The van der Waals surface area contributed by atoms with Crippen LogP contribution in [0.5, 0.6) is 0 Å².